The number of rotatable bonds is 8. The van der Waals surface area contributed by atoms with Crippen LogP contribution in [0.25, 0.3) is 0 Å². The molecule has 0 aliphatic rings. The molecule has 0 aromatic heterocycles. The lowest BCUT2D eigenvalue weighted by atomic mass is 10.1. The van der Waals surface area contributed by atoms with E-state index in [1.807, 2.05) is 24.3 Å². The molecule has 0 bridgehead atoms. The van der Waals surface area contributed by atoms with Gasteiger partial charge < -0.3 is 14.4 Å². The molecule has 31 heavy (non-hydrogen) atoms. The number of carbonyl (C=O) groups is 1. The molecule has 0 unspecified atom stereocenters. The Hall–Kier alpha value is -2.40. The van der Waals surface area contributed by atoms with Gasteiger partial charge in [0.1, 0.15) is 0 Å². The third kappa shape index (κ3) is 5.85. The molecular weight excluding hydrogens is 457 g/mol. The zero-order valence-corrected chi connectivity index (χ0v) is 19.5. The summed E-state index contributed by atoms with van der Waals surface area (Å²) in [7, 11) is 3.16. The molecule has 3 rings (SSSR count). The lowest BCUT2D eigenvalue weighted by Gasteiger charge is -2.24. The fourth-order valence-corrected chi connectivity index (χ4v) is 3.96. The van der Waals surface area contributed by atoms with Gasteiger partial charge in [-0.25, -0.2) is 0 Å². The Morgan fingerprint density at radius 3 is 2.29 bits per heavy atom. The van der Waals surface area contributed by atoms with Gasteiger partial charge in [0.25, 0.3) is 5.91 Å². The summed E-state index contributed by atoms with van der Waals surface area (Å²) >= 11 is 18.6. The number of ether oxygens (including phenoxy) is 2. The molecule has 0 aliphatic carbocycles. The van der Waals surface area contributed by atoms with Gasteiger partial charge in [0.2, 0.25) is 0 Å². The van der Waals surface area contributed by atoms with Crippen LogP contribution in [0.2, 0.25) is 15.1 Å². The maximum absolute atomic E-state index is 13.3. The number of benzene rings is 3. The zero-order chi connectivity index (χ0) is 22.4. The third-order valence-corrected chi connectivity index (χ3v) is 5.80. The van der Waals surface area contributed by atoms with Gasteiger partial charge in [0, 0.05) is 23.1 Å². The first-order valence-corrected chi connectivity index (χ1v) is 10.7. The van der Waals surface area contributed by atoms with Crippen LogP contribution in [0.15, 0.2) is 60.7 Å². The predicted molar refractivity (Wildman–Crippen MR) is 126 cm³/mol. The molecule has 4 nitrogen and oxygen atoms in total. The van der Waals surface area contributed by atoms with Crippen molar-refractivity contribution in [3.05, 3.63) is 92.4 Å². The van der Waals surface area contributed by atoms with Crippen molar-refractivity contribution in [1.82, 2.24) is 4.90 Å². The van der Waals surface area contributed by atoms with Crippen molar-refractivity contribution in [1.29, 1.82) is 0 Å². The van der Waals surface area contributed by atoms with Crippen LogP contribution < -0.4 is 9.47 Å². The van der Waals surface area contributed by atoms with E-state index >= 15 is 0 Å². The first-order valence-electron chi connectivity index (χ1n) is 9.61. The minimum Gasteiger partial charge on any atom is -0.493 e. The number of halogens is 3. The van der Waals surface area contributed by atoms with Gasteiger partial charge in [-0.1, -0.05) is 59.1 Å². The molecule has 0 atom stereocenters. The number of methoxy groups -OCH3 is 2. The van der Waals surface area contributed by atoms with Gasteiger partial charge in [-0.3, -0.25) is 4.79 Å². The molecule has 3 aromatic rings. The van der Waals surface area contributed by atoms with Crippen LogP contribution in [0.4, 0.5) is 0 Å². The summed E-state index contributed by atoms with van der Waals surface area (Å²) in [5.74, 6) is 1.07. The fraction of sp³-hybridized carbons (Fsp3) is 0.208. The lowest BCUT2D eigenvalue weighted by Crippen LogP contribution is -2.32. The van der Waals surface area contributed by atoms with Gasteiger partial charge in [-0.2, -0.15) is 0 Å². The normalized spacial score (nSPS) is 10.6. The SMILES string of the molecule is COc1ccc(CN(CCc2ccc(Cl)cc2Cl)C(=O)c2ccccc2Cl)cc1OC. The third-order valence-electron chi connectivity index (χ3n) is 4.88. The van der Waals surface area contributed by atoms with Crippen LogP contribution in [0.1, 0.15) is 21.5 Å². The van der Waals surface area contributed by atoms with E-state index in [1.54, 1.807) is 55.5 Å². The van der Waals surface area contributed by atoms with Crippen LogP contribution in [-0.2, 0) is 13.0 Å². The van der Waals surface area contributed by atoms with Crippen LogP contribution in [0, 0.1) is 0 Å². The number of amides is 1. The molecule has 0 N–H and O–H groups in total. The molecule has 0 spiro atoms. The molecule has 0 saturated heterocycles. The summed E-state index contributed by atoms with van der Waals surface area (Å²) in [5.41, 5.74) is 2.27. The maximum Gasteiger partial charge on any atom is 0.255 e. The highest BCUT2D eigenvalue weighted by molar-refractivity contribution is 6.35. The minimum atomic E-state index is -0.162. The zero-order valence-electron chi connectivity index (χ0n) is 17.2. The topological polar surface area (TPSA) is 38.8 Å². The summed E-state index contributed by atoms with van der Waals surface area (Å²) in [6, 6.07) is 18.0. The summed E-state index contributed by atoms with van der Waals surface area (Å²) < 4.78 is 10.7. The molecule has 3 aromatic carbocycles. The van der Waals surface area contributed by atoms with E-state index in [-0.39, 0.29) is 5.91 Å². The second-order valence-corrected chi connectivity index (χ2v) is 8.13. The number of hydrogen-bond donors (Lipinski definition) is 0. The molecule has 0 aliphatic heterocycles. The van der Waals surface area contributed by atoms with E-state index in [0.717, 1.165) is 11.1 Å². The van der Waals surface area contributed by atoms with Crippen molar-refractivity contribution < 1.29 is 14.3 Å². The van der Waals surface area contributed by atoms with Crippen LogP contribution >= 0.6 is 34.8 Å². The number of carbonyl (C=O) groups excluding carboxylic acids is 1. The predicted octanol–water partition coefficient (Wildman–Crippen LogP) is 6.55. The molecular formula is C24H22Cl3NO3. The number of hydrogen-bond acceptors (Lipinski definition) is 3. The van der Waals surface area contributed by atoms with Crippen molar-refractivity contribution in [2.24, 2.45) is 0 Å². The highest BCUT2D eigenvalue weighted by Crippen LogP contribution is 2.29. The first kappa shape index (κ1) is 23.3. The molecule has 162 valence electrons. The Kier molecular flexibility index (Phi) is 8.08. The number of nitrogens with zero attached hydrogens (tertiary/aromatic N) is 1. The maximum atomic E-state index is 13.3. The molecule has 1 amide bonds. The first-order chi connectivity index (χ1) is 14.9. The van der Waals surface area contributed by atoms with E-state index in [9.17, 15) is 4.79 Å². The minimum absolute atomic E-state index is 0.162. The van der Waals surface area contributed by atoms with Crippen LogP contribution in [-0.4, -0.2) is 31.6 Å². The van der Waals surface area contributed by atoms with Gasteiger partial charge in [0.15, 0.2) is 11.5 Å². The van der Waals surface area contributed by atoms with Gasteiger partial charge in [0.05, 0.1) is 24.8 Å². The summed E-state index contributed by atoms with van der Waals surface area (Å²) in [5, 5.41) is 1.56. The Morgan fingerprint density at radius 2 is 1.61 bits per heavy atom. The second-order valence-electron chi connectivity index (χ2n) is 6.88. The average molecular weight is 479 g/mol. The van der Waals surface area contributed by atoms with E-state index < -0.39 is 0 Å². The van der Waals surface area contributed by atoms with Crippen molar-refractivity contribution >= 4 is 40.7 Å². The smallest absolute Gasteiger partial charge is 0.255 e. The highest BCUT2D eigenvalue weighted by Gasteiger charge is 2.20. The summed E-state index contributed by atoms with van der Waals surface area (Å²) in [4.78, 5) is 15.1. The van der Waals surface area contributed by atoms with Crippen LogP contribution in [0.5, 0.6) is 11.5 Å². The summed E-state index contributed by atoms with van der Waals surface area (Å²) in [6.07, 6.45) is 0.569. The molecule has 0 saturated carbocycles. The van der Waals surface area contributed by atoms with E-state index in [2.05, 4.69) is 0 Å². The highest BCUT2D eigenvalue weighted by atomic mass is 35.5. The van der Waals surface area contributed by atoms with Crippen molar-refractivity contribution in [3.63, 3.8) is 0 Å². The van der Waals surface area contributed by atoms with Gasteiger partial charge in [-0.15, -0.1) is 0 Å². The Bertz CT molecular complexity index is 1070. The van der Waals surface area contributed by atoms with E-state index in [1.165, 1.54) is 0 Å². The van der Waals surface area contributed by atoms with E-state index in [0.29, 0.717) is 51.6 Å². The van der Waals surface area contributed by atoms with Crippen molar-refractivity contribution in [2.45, 2.75) is 13.0 Å². The van der Waals surface area contributed by atoms with E-state index in [4.69, 9.17) is 44.3 Å². The standard InChI is InChI=1S/C24H22Cl3NO3/c1-30-22-10-7-16(13-23(22)31-2)15-28(24(29)19-5-3-4-6-20(19)26)12-11-17-8-9-18(25)14-21(17)27/h3-10,13-14H,11-12,15H2,1-2H3. The average Bonchev–Trinajstić information content (AvgIpc) is 2.77. The summed E-state index contributed by atoms with van der Waals surface area (Å²) in [6.45, 7) is 0.815. The molecule has 0 fully saturated rings. The fourth-order valence-electron chi connectivity index (χ4n) is 3.24. The monoisotopic (exact) mass is 477 g/mol. The van der Waals surface area contributed by atoms with Gasteiger partial charge >= 0.3 is 0 Å². The lowest BCUT2D eigenvalue weighted by molar-refractivity contribution is 0.0745. The Labute approximate surface area is 197 Å². The van der Waals surface area contributed by atoms with Crippen LogP contribution in [0.3, 0.4) is 0 Å². The van der Waals surface area contributed by atoms with Crippen molar-refractivity contribution in [3.8, 4) is 11.5 Å². The Balaban J connectivity index is 1.88. The van der Waals surface area contributed by atoms with Crippen molar-refractivity contribution in [2.75, 3.05) is 20.8 Å². The molecule has 7 heteroatoms. The second kappa shape index (κ2) is 10.8. The Morgan fingerprint density at radius 1 is 0.871 bits per heavy atom. The molecule has 0 heterocycles. The quantitative estimate of drug-likeness (QED) is 0.368. The van der Waals surface area contributed by atoms with Gasteiger partial charge in [-0.05, 0) is 53.9 Å². The molecule has 0 radical (unpaired) electrons. The largest absolute Gasteiger partial charge is 0.493 e.